The largest absolute Gasteiger partial charge is 0.384 e. The van der Waals surface area contributed by atoms with Crippen molar-refractivity contribution in [1.82, 2.24) is 9.88 Å². The predicted octanol–water partition coefficient (Wildman–Crippen LogP) is 2.35. The summed E-state index contributed by atoms with van der Waals surface area (Å²) in [5, 5.41) is 0. The highest BCUT2D eigenvalue weighted by Gasteiger charge is 2.27. The Morgan fingerprint density at radius 3 is 2.78 bits per heavy atom. The van der Waals surface area contributed by atoms with Crippen molar-refractivity contribution in [2.75, 3.05) is 18.8 Å². The van der Waals surface area contributed by atoms with Crippen LogP contribution >= 0.6 is 12.4 Å². The number of nitrogens with zero attached hydrogens (tertiary/aromatic N) is 2. The Morgan fingerprint density at radius 2 is 2.22 bits per heavy atom. The highest BCUT2D eigenvalue weighted by Crippen LogP contribution is 2.30. The van der Waals surface area contributed by atoms with Gasteiger partial charge in [-0.05, 0) is 37.3 Å². The number of rotatable bonds is 5. The van der Waals surface area contributed by atoms with Gasteiger partial charge >= 0.3 is 0 Å². The molecule has 4 nitrogen and oxygen atoms in total. The van der Waals surface area contributed by atoms with Gasteiger partial charge in [-0.3, -0.25) is 4.79 Å². The summed E-state index contributed by atoms with van der Waals surface area (Å²) in [6.45, 7) is 3.74. The number of carbonyl (C=O) groups excluding carboxylic acids is 1. The van der Waals surface area contributed by atoms with Crippen LogP contribution in [0.5, 0.6) is 0 Å². The summed E-state index contributed by atoms with van der Waals surface area (Å²) in [5.74, 6) is 1.11. The summed E-state index contributed by atoms with van der Waals surface area (Å²) in [4.78, 5) is 18.3. The number of halogens is 1. The third-order valence-corrected chi connectivity index (χ3v) is 2.95. The number of anilines is 1. The minimum Gasteiger partial charge on any atom is -0.384 e. The Morgan fingerprint density at radius 1 is 1.50 bits per heavy atom. The Labute approximate surface area is 114 Å². The highest BCUT2D eigenvalue weighted by molar-refractivity contribution is 5.92. The van der Waals surface area contributed by atoms with Gasteiger partial charge < -0.3 is 10.6 Å². The van der Waals surface area contributed by atoms with E-state index in [-0.39, 0.29) is 18.3 Å². The van der Waals surface area contributed by atoms with E-state index in [1.165, 1.54) is 12.8 Å². The van der Waals surface area contributed by atoms with Crippen LogP contribution in [-0.2, 0) is 0 Å². The molecule has 1 aromatic rings. The van der Waals surface area contributed by atoms with Crippen molar-refractivity contribution in [1.29, 1.82) is 0 Å². The molecule has 0 aromatic carbocycles. The Bertz CT molecular complexity index is 407. The van der Waals surface area contributed by atoms with Gasteiger partial charge in [0.05, 0.1) is 0 Å². The van der Waals surface area contributed by atoms with Crippen molar-refractivity contribution in [2.45, 2.75) is 26.2 Å². The Kier molecular flexibility index (Phi) is 5.41. The highest BCUT2D eigenvalue weighted by atomic mass is 35.5. The second-order valence-electron chi connectivity index (χ2n) is 4.64. The van der Waals surface area contributed by atoms with Crippen LogP contribution in [0.4, 0.5) is 5.82 Å². The lowest BCUT2D eigenvalue weighted by Crippen LogP contribution is -2.34. The molecular formula is C13H20ClN3O. The molecule has 18 heavy (non-hydrogen) atoms. The first kappa shape index (κ1) is 14.8. The van der Waals surface area contributed by atoms with Crippen molar-refractivity contribution in [2.24, 2.45) is 5.92 Å². The van der Waals surface area contributed by atoms with Gasteiger partial charge in [0, 0.05) is 13.1 Å². The molecule has 1 fully saturated rings. The molecule has 2 N–H and O–H groups in total. The molecule has 100 valence electrons. The molecule has 0 radical (unpaired) electrons. The van der Waals surface area contributed by atoms with Crippen molar-refractivity contribution >= 4 is 24.1 Å². The lowest BCUT2D eigenvalue weighted by molar-refractivity contribution is 0.0742. The van der Waals surface area contributed by atoms with E-state index in [2.05, 4.69) is 11.9 Å². The van der Waals surface area contributed by atoms with Crippen LogP contribution in [0.15, 0.2) is 18.2 Å². The third-order valence-electron chi connectivity index (χ3n) is 2.95. The van der Waals surface area contributed by atoms with Gasteiger partial charge in [-0.2, -0.15) is 0 Å². The number of nitrogen functional groups attached to an aromatic ring is 1. The zero-order valence-corrected chi connectivity index (χ0v) is 11.4. The van der Waals surface area contributed by atoms with Crippen LogP contribution in [0.1, 0.15) is 36.7 Å². The molecule has 1 aromatic heterocycles. The number of carbonyl (C=O) groups is 1. The lowest BCUT2D eigenvalue weighted by Gasteiger charge is -2.21. The van der Waals surface area contributed by atoms with Gasteiger partial charge in [0.2, 0.25) is 0 Å². The molecule has 0 unspecified atom stereocenters. The van der Waals surface area contributed by atoms with Gasteiger partial charge in [0.15, 0.2) is 0 Å². The third kappa shape index (κ3) is 3.88. The fraction of sp³-hybridized carbons (Fsp3) is 0.538. The zero-order chi connectivity index (χ0) is 12.3. The summed E-state index contributed by atoms with van der Waals surface area (Å²) in [7, 11) is 0. The first-order chi connectivity index (χ1) is 8.20. The Balaban J connectivity index is 0.00000162. The van der Waals surface area contributed by atoms with Gasteiger partial charge in [-0.1, -0.05) is 13.0 Å². The first-order valence-corrected chi connectivity index (χ1v) is 6.22. The molecular weight excluding hydrogens is 250 g/mol. The van der Waals surface area contributed by atoms with Crippen molar-refractivity contribution in [3.8, 4) is 0 Å². The molecule has 1 heterocycles. The smallest absolute Gasteiger partial charge is 0.272 e. The summed E-state index contributed by atoms with van der Waals surface area (Å²) in [6, 6.07) is 5.20. The lowest BCUT2D eigenvalue weighted by atomic mass is 10.2. The van der Waals surface area contributed by atoms with Gasteiger partial charge in [0.25, 0.3) is 5.91 Å². The van der Waals surface area contributed by atoms with Gasteiger partial charge in [-0.25, -0.2) is 4.98 Å². The molecule has 0 bridgehead atoms. The second kappa shape index (κ2) is 6.59. The van der Waals surface area contributed by atoms with E-state index in [1.807, 2.05) is 4.90 Å². The molecule has 1 amide bonds. The minimum absolute atomic E-state index is 0. The summed E-state index contributed by atoms with van der Waals surface area (Å²) >= 11 is 0. The molecule has 1 aliphatic rings. The molecule has 2 rings (SSSR count). The zero-order valence-electron chi connectivity index (χ0n) is 10.6. The number of hydrogen-bond acceptors (Lipinski definition) is 3. The van der Waals surface area contributed by atoms with Crippen molar-refractivity contribution in [3.63, 3.8) is 0 Å². The maximum absolute atomic E-state index is 12.3. The van der Waals surface area contributed by atoms with Crippen molar-refractivity contribution < 1.29 is 4.79 Å². The van der Waals surface area contributed by atoms with E-state index >= 15 is 0 Å². The number of pyridine rings is 1. The van der Waals surface area contributed by atoms with E-state index in [9.17, 15) is 4.79 Å². The van der Waals surface area contributed by atoms with Crippen LogP contribution in [0.25, 0.3) is 0 Å². The Hall–Kier alpha value is -1.29. The standard InChI is InChI=1S/C13H19N3O.ClH/c1-2-8-16(9-10-6-7-10)13(17)11-4-3-5-12(14)15-11;/h3-5,10H,2,6-9H2,1H3,(H2,14,15);1H. The predicted molar refractivity (Wildman–Crippen MR) is 74.8 cm³/mol. The fourth-order valence-corrected chi connectivity index (χ4v) is 1.89. The van der Waals surface area contributed by atoms with Crippen LogP contribution in [0.2, 0.25) is 0 Å². The number of hydrogen-bond donors (Lipinski definition) is 1. The van der Waals surface area contributed by atoms with Gasteiger partial charge in [0.1, 0.15) is 11.5 Å². The summed E-state index contributed by atoms with van der Waals surface area (Å²) < 4.78 is 0. The van der Waals surface area contributed by atoms with Crippen LogP contribution in [0, 0.1) is 5.92 Å². The van der Waals surface area contributed by atoms with E-state index in [1.54, 1.807) is 18.2 Å². The van der Waals surface area contributed by atoms with Gasteiger partial charge in [-0.15, -0.1) is 12.4 Å². The van der Waals surface area contributed by atoms with Crippen LogP contribution in [0.3, 0.4) is 0 Å². The SMILES string of the molecule is CCCN(CC1CC1)C(=O)c1cccc(N)n1.Cl. The summed E-state index contributed by atoms with van der Waals surface area (Å²) in [6.07, 6.45) is 3.47. The fourth-order valence-electron chi connectivity index (χ4n) is 1.89. The van der Waals surface area contributed by atoms with Crippen LogP contribution < -0.4 is 5.73 Å². The van der Waals surface area contributed by atoms with E-state index in [0.717, 1.165) is 19.5 Å². The second-order valence-corrected chi connectivity index (χ2v) is 4.64. The maximum atomic E-state index is 12.3. The summed E-state index contributed by atoms with van der Waals surface area (Å²) in [5.41, 5.74) is 6.06. The van der Waals surface area contributed by atoms with E-state index in [4.69, 9.17) is 5.73 Å². The average molecular weight is 270 g/mol. The van der Waals surface area contributed by atoms with E-state index in [0.29, 0.717) is 17.4 Å². The molecule has 1 saturated carbocycles. The topological polar surface area (TPSA) is 59.2 Å². The molecule has 0 aliphatic heterocycles. The minimum atomic E-state index is 0. The molecule has 1 aliphatic carbocycles. The maximum Gasteiger partial charge on any atom is 0.272 e. The average Bonchev–Trinajstić information content (AvgIpc) is 3.11. The van der Waals surface area contributed by atoms with E-state index < -0.39 is 0 Å². The molecule has 0 atom stereocenters. The normalized spacial score (nSPS) is 13.8. The quantitative estimate of drug-likeness (QED) is 0.893. The number of amides is 1. The molecule has 0 saturated heterocycles. The molecule has 5 heteroatoms. The van der Waals surface area contributed by atoms with Crippen LogP contribution in [-0.4, -0.2) is 28.9 Å². The van der Waals surface area contributed by atoms with Crippen molar-refractivity contribution in [3.05, 3.63) is 23.9 Å². The number of nitrogens with two attached hydrogens (primary N) is 1. The first-order valence-electron chi connectivity index (χ1n) is 6.22. The monoisotopic (exact) mass is 269 g/mol. The molecule has 0 spiro atoms. The number of aromatic nitrogens is 1.